The number of fused-ring (bicyclic) bond motifs is 2. The van der Waals surface area contributed by atoms with Crippen LogP contribution in [0.2, 0.25) is 0 Å². The zero-order valence-corrected chi connectivity index (χ0v) is 25.8. The first-order chi connectivity index (χ1) is 22.6. The van der Waals surface area contributed by atoms with E-state index in [1.165, 1.54) is 26.2 Å². The lowest BCUT2D eigenvalue weighted by molar-refractivity contribution is -0.140. The molecule has 48 heavy (non-hydrogen) atoms. The van der Waals surface area contributed by atoms with Gasteiger partial charge in [-0.1, -0.05) is 0 Å². The topological polar surface area (TPSA) is 142 Å². The molecule has 1 aliphatic heterocycles. The van der Waals surface area contributed by atoms with Gasteiger partial charge in [0.1, 0.15) is 46.2 Å². The third-order valence-corrected chi connectivity index (χ3v) is 9.51. The summed E-state index contributed by atoms with van der Waals surface area (Å²) in [7, 11) is 1.44. The molecule has 3 aliphatic rings. The van der Waals surface area contributed by atoms with E-state index in [0.29, 0.717) is 28.8 Å². The van der Waals surface area contributed by atoms with Crippen LogP contribution < -0.4 is 20.5 Å². The fourth-order valence-corrected chi connectivity index (χ4v) is 6.13. The Morgan fingerprint density at radius 1 is 1.19 bits per heavy atom. The van der Waals surface area contributed by atoms with E-state index in [0.717, 1.165) is 18.9 Å². The number of nitrogens with zero attached hydrogens (tertiary/aromatic N) is 3. The van der Waals surface area contributed by atoms with Gasteiger partial charge in [-0.2, -0.15) is 18.3 Å². The Morgan fingerprint density at radius 2 is 1.92 bits per heavy atom. The SMILES string of the molecule is COc1cc(C(=O)NCC(O)(c2cc3c(c(-c4ccc(F)c(C(F)(F)F)c4)n2)OC[C@]3(C)C(N)=O)C2(F)CC2)cc2cn(C3CC3)nc12. The highest BCUT2D eigenvalue weighted by Gasteiger charge is 2.62. The summed E-state index contributed by atoms with van der Waals surface area (Å²) >= 11 is 0. The number of amides is 2. The summed E-state index contributed by atoms with van der Waals surface area (Å²) in [6.45, 7) is 0.403. The lowest BCUT2D eigenvalue weighted by atomic mass is 9.80. The van der Waals surface area contributed by atoms with E-state index in [4.69, 9.17) is 15.2 Å². The Kier molecular flexibility index (Phi) is 7.02. The summed E-state index contributed by atoms with van der Waals surface area (Å²) in [5.41, 5.74) is -2.45. The summed E-state index contributed by atoms with van der Waals surface area (Å²) in [6.07, 6.45) is -1.52. The van der Waals surface area contributed by atoms with Crippen LogP contribution in [0.3, 0.4) is 0 Å². The van der Waals surface area contributed by atoms with E-state index < -0.39 is 52.6 Å². The zero-order valence-electron chi connectivity index (χ0n) is 25.8. The molecule has 2 amide bonds. The maximum Gasteiger partial charge on any atom is 0.419 e. The molecule has 2 aliphatic carbocycles. The van der Waals surface area contributed by atoms with Gasteiger partial charge in [0, 0.05) is 28.3 Å². The summed E-state index contributed by atoms with van der Waals surface area (Å²) in [5.74, 6) is -2.85. The van der Waals surface area contributed by atoms with Gasteiger partial charge in [0.25, 0.3) is 5.91 Å². The fourth-order valence-electron chi connectivity index (χ4n) is 6.13. The van der Waals surface area contributed by atoms with Crippen molar-refractivity contribution in [3.63, 3.8) is 0 Å². The smallest absolute Gasteiger partial charge is 0.419 e. The minimum atomic E-state index is -5.06. The molecule has 3 heterocycles. The van der Waals surface area contributed by atoms with Crippen LogP contribution in [-0.4, -0.2) is 57.6 Å². The lowest BCUT2D eigenvalue weighted by Crippen LogP contribution is -2.49. The third-order valence-electron chi connectivity index (χ3n) is 9.51. The van der Waals surface area contributed by atoms with E-state index in [9.17, 15) is 32.3 Å². The Morgan fingerprint density at radius 3 is 2.54 bits per heavy atom. The molecular formula is C33H30F5N5O5. The molecule has 4 aromatic rings. The molecule has 2 saturated carbocycles. The lowest BCUT2D eigenvalue weighted by Gasteiger charge is -2.33. The number of ether oxygens (including phenoxy) is 2. The standard InChI is InChI=1S/C33H30F5N5O5/c1-30(29(39)45)15-48-27-21(30)12-24(41-26(27)16-3-6-22(34)20(10-16)33(36,37)38)32(46,31(35)7-8-31)14-40-28(44)17-9-18-13-43(19-4-5-19)42-25(18)23(11-17)47-2/h3,6,9-13,19,46H,4-5,7-8,14-15H2,1-2H3,(H2,39,45)(H,40,44)/t30-,32?/m0/s1. The molecule has 2 atom stereocenters. The number of halogens is 5. The van der Waals surface area contributed by atoms with E-state index in [1.807, 2.05) is 4.68 Å². The minimum Gasteiger partial charge on any atom is -0.494 e. The molecule has 252 valence electrons. The van der Waals surface area contributed by atoms with Gasteiger partial charge in [-0.15, -0.1) is 0 Å². The largest absolute Gasteiger partial charge is 0.494 e. The van der Waals surface area contributed by atoms with Crippen molar-refractivity contribution in [2.75, 3.05) is 20.3 Å². The Labute approximate surface area is 270 Å². The third kappa shape index (κ3) is 5.02. The van der Waals surface area contributed by atoms with Gasteiger partial charge >= 0.3 is 6.18 Å². The van der Waals surface area contributed by atoms with Crippen molar-refractivity contribution in [1.82, 2.24) is 20.1 Å². The molecule has 2 aromatic heterocycles. The number of alkyl halides is 4. The van der Waals surface area contributed by atoms with E-state index in [1.54, 1.807) is 12.3 Å². The van der Waals surface area contributed by atoms with Gasteiger partial charge in [0.2, 0.25) is 5.91 Å². The number of rotatable bonds is 9. The molecule has 0 bridgehead atoms. The van der Waals surface area contributed by atoms with Crippen LogP contribution in [0.1, 0.15) is 65.8 Å². The van der Waals surface area contributed by atoms with Crippen molar-refractivity contribution in [1.29, 1.82) is 0 Å². The van der Waals surface area contributed by atoms with Crippen molar-refractivity contribution < 1.29 is 46.1 Å². The predicted molar refractivity (Wildman–Crippen MR) is 161 cm³/mol. The van der Waals surface area contributed by atoms with Gasteiger partial charge in [-0.3, -0.25) is 14.3 Å². The van der Waals surface area contributed by atoms with Crippen LogP contribution in [0.5, 0.6) is 11.5 Å². The Bertz CT molecular complexity index is 2010. The second-order valence-electron chi connectivity index (χ2n) is 12.9. The highest BCUT2D eigenvalue weighted by atomic mass is 19.4. The number of primary amides is 1. The average molecular weight is 672 g/mol. The molecule has 15 heteroatoms. The molecule has 1 unspecified atom stereocenters. The molecule has 0 radical (unpaired) electrons. The number of carbonyl (C=O) groups excluding carboxylic acids is 2. The predicted octanol–water partition coefficient (Wildman–Crippen LogP) is 4.85. The zero-order chi connectivity index (χ0) is 34.4. The molecule has 2 aromatic carbocycles. The molecule has 0 spiro atoms. The maximum atomic E-state index is 16.2. The summed E-state index contributed by atoms with van der Waals surface area (Å²) < 4.78 is 84.5. The Balaban J connectivity index is 1.30. The van der Waals surface area contributed by atoms with Crippen molar-refractivity contribution >= 4 is 22.7 Å². The fraction of sp³-hybridized carbons (Fsp3) is 0.394. The van der Waals surface area contributed by atoms with Crippen LogP contribution in [0.25, 0.3) is 22.2 Å². The second-order valence-corrected chi connectivity index (χ2v) is 12.9. The number of carbonyl (C=O) groups is 2. The highest BCUT2D eigenvalue weighted by Crippen LogP contribution is 2.55. The number of nitrogens with two attached hydrogens (primary N) is 1. The quantitative estimate of drug-likeness (QED) is 0.216. The molecule has 10 nitrogen and oxygen atoms in total. The van der Waals surface area contributed by atoms with Gasteiger partial charge in [-0.25, -0.2) is 13.8 Å². The highest BCUT2D eigenvalue weighted by molar-refractivity contribution is 6.00. The average Bonchev–Trinajstić information content (AvgIpc) is 3.96. The van der Waals surface area contributed by atoms with E-state index >= 15 is 4.39 Å². The first-order valence-corrected chi connectivity index (χ1v) is 15.2. The van der Waals surface area contributed by atoms with Crippen molar-refractivity contribution in [3.05, 3.63) is 70.8 Å². The monoisotopic (exact) mass is 671 g/mol. The summed E-state index contributed by atoms with van der Waals surface area (Å²) in [6, 6.07) is 6.70. The molecular weight excluding hydrogens is 641 g/mol. The van der Waals surface area contributed by atoms with Crippen molar-refractivity contribution in [3.8, 4) is 22.8 Å². The Hall–Kier alpha value is -4.79. The first-order valence-electron chi connectivity index (χ1n) is 15.2. The van der Waals surface area contributed by atoms with Gasteiger partial charge in [0.05, 0.1) is 31.0 Å². The van der Waals surface area contributed by atoms with Gasteiger partial charge in [0.15, 0.2) is 5.60 Å². The molecule has 0 saturated heterocycles. The van der Waals surface area contributed by atoms with Crippen LogP contribution in [-0.2, 0) is 22.0 Å². The number of aromatic nitrogens is 3. The van der Waals surface area contributed by atoms with Crippen LogP contribution in [0.15, 0.2) is 42.6 Å². The molecule has 4 N–H and O–H groups in total. The number of benzene rings is 2. The van der Waals surface area contributed by atoms with Crippen molar-refractivity contribution in [2.45, 2.75) is 61.5 Å². The number of methoxy groups -OCH3 is 1. The summed E-state index contributed by atoms with van der Waals surface area (Å²) in [4.78, 5) is 30.5. The first kappa shape index (κ1) is 31.8. The number of hydrogen-bond acceptors (Lipinski definition) is 7. The number of hydrogen-bond donors (Lipinski definition) is 3. The van der Waals surface area contributed by atoms with Gasteiger partial charge < -0.3 is 25.6 Å². The molecule has 7 rings (SSSR count). The molecule has 2 fully saturated rings. The van der Waals surface area contributed by atoms with Crippen LogP contribution >= 0.6 is 0 Å². The summed E-state index contributed by atoms with van der Waals surface area (Å²) in [5, 5.41) is 19.8. The van der Waals surface area contributed by atoms with Gasteiger partial charge in [-0.05, 0) is 69.0 Å². The minimum absolute atomic E-state index is 0.0461. The normalized spacial score (nSPS) is 20.9. The number of nitrogens with one attached hydrogen (secondary N) is 1. The number of pyridine rings is 1. The second kappa shape index (κ2) is 10.6. The number of aliphatic hydroxyl groups is 1. The van der Waals surface area contributed by atoms with Crippen LogP contribution in [0.4, 0.5) is 22.0 Å². The van der Waals surface area contributed by atoms with E-state index in [2.05, 4.69) is 15.4 Å². The maximum absolute atomic E-state index is 16.2. The van der Waals surface area contributed by atoms with Crippen molar-refractivity contribution in [2.24, 2.45) is 5.73 Å². The van der Waals surface area contributed by atoms with Crippen LogP contribution in [0, 0.1) is 5.82 Å². The van der Waals surface area contributed by atoms with E-state index in [-0.39, 0.29) is 59.3 Å².